The van der Waals surface area contributed by atoms with Crippen molar-refractivity contribution >= 4 is 11.0 Å². The highest BCUT2D eigenvalue weighted by molar-refractivity contribution is 5.86. The van der Waals surface area contributed by atoms with Crippen molar-refractivity contribution in [1.82, 2.24) is 0 Å². The van der Waals surface area contributed by atoms with E-state index in [-0.39, 0.29) is 28.0 Å². The van der Waals surface area contributed by atoms with Gasteiger partial charge in [0.1, 0.15) is 89.3 Å². The van der Waals surface area contributed by atoms with E-state index in [1.54, 1.807) is 0 Å². The Balaban J connectivity index is 1.28. The molecule has 0 aliphatic carbocycles. The van der Waals surface area contributed by atoms with Crippen LogP contribution < -0.4 is 10.2 Å². The minimum atomic E-state index is -1.93. The van der Waals surface area contributed by atoms with Gasteiger partial charge in [0.05, 0.1) is 18.8 Å². The van der Waals surface area contributed by atoms with Crippen LogP contribution in [0.5, 0.6) is 23.0 Å². The second kappa shape index (κ2) is 15.0. The molecule has 15 unspecified atom stereocenters. The van der Waals surface area contributed by atoms with Gasteiger partial charge in [-0.25, -0.2) is 0 Å². The first kappa shape index (κ1) is 38.1. The summed E-state index contributed by atoms with van der Waals surface area (Å²) in [5.74, 6) is -1.77. The number of hydrogen-bond acceptors (Lipinski definition) is 19. The number of benzene rings is 2. The predicted molar refractivity (Wildman–Crippen MR) is 170 cm³/mol. The fraction of sp³-hybridized carbons (Fsp3) is 0.545. The Hall–Kier alpha value is -3.67. The van der Waals surface area contributed by atoms with Crippen LogP contribution in [-0.4, -0.2) is 155 Å². The van der Waals surface area contributed by atoms with E-state index in [2.05, 4.69) is 0 Å². The molecule has 6 rings (SSSR count). The van der Waals surface area contributed by atoms with Gasteiger partial charge in [0.25, 0.3) is 0 Å². The van der Waals surface area contributed by atoms with Crippen LogP contribution in [0.4, 0.5) is 0 Å². The average molecular weight is 741 g/mol. The number of fused-ring (bicyclic) bond motifs is 1. The van der Waals surface area contributed by atoms with E-state index in [1.165, 1.54) is 32.0 Å². The third kappa shape index (κ3) is 7.28. The van der Waals surface area contributed by atoms with Crippen LogP contribution in [0.3, 0.4) is 0 Å². The molecule has 19 nitrogen and oxygen atoms in total. The molecule has 3 aliphatic heterocycles. The summed E-state index contributed by atoms with van der Waals surface area (Å²) in [6.45, 7) is 2.20. The minimum Gasteiger partial charge on any atom is -0.507 e. The first-order valence-electron chi connectivity index (χ1n) is 16.2. The molecule has 3 aromatic rings. The lowest BCUT2D eigenvalue weighted by Crippen LogP contribution is -2.65. The van der Waals surface area contributed by atoms with Gasteiger partial charge in [-0.1, -0.05) is 0 Å². The van der Waals surface area contributed by atoms with E-state index in [9.17, 15) is 61.0 Å². The number of phenolic OH excluding ortho intramolecular Hbond substituents is 3. The van der Waals surface area contributed by atoms with Gasteiger partial charge in [0.15, 0.2) is 29.5 Å². The number of aromatic hydroxyl groups is 3. The number of hydrogen-bond donors (Lipinski definition) is 11. The molecule has 4 heterocycles. The first-order chi connectivity index (χ1) is 24.5. The van der Waals surface area contributed by atoms with Crippen LogP contribution in [0.15, 0.2) is 45.6 Å². The zero-order valence-electron chi connectivity index (χ0n) is 27.5. The average Bonchev–Trinajstić information content (AvgIpc) is 3.10. The van der Waals surface area contributed by atoms with E-state index < -0.39 is 121 Å². The predicted octanol–water partition coefficient (Wildman–Crippen LogP) is -2.54. The zero-order chi connectivity index (χ0) is 37.8. The molecular weight excluding hydrogens is 700 g/mol. The fourth-order valence-electron chi connectivity index (χ4n) is 6.19. The van der Waals surface area contributed by atoms with Crippen LogP contribution in [0, 0.1) is 0 Å². The zero-order valence-corrected chi connectivity index (χ0v) is 27.5. The van der Waals surface area contributed by atoms with Crippen molar-refractivity contribution in [3.05, 3.63) is 46.6 Å². The molecule has 3 fully saturated rings. The molecule has 0 radical (unpaired) electrons. The van der Waals surface area contributed by atoms with Crippen LogP contribution in [-0.2, 0) is 23.7 Å². The summed E-state index contributed by atoms with van der Waals surface area (Å²) < 4.78 is 39.9. The molecule has 0 saturated carbocycles. The highest BCUT2D eigenvalue weighted by atomic mass is 16.8. The molecule has 15 atom stereocenters. The van der Waals surface area contributed by atoms with Crippen molar-refractivity contribution in [2.24, 2.45) is 0 Å². The normalized spacial score (nSPS) is 38.3. The third-order valence-corrected chi connectivity index (χ3v) is 9.27. The molecule has 3 saturated heterocycles. The third-order valence-electron chi connectivity index (χ3n) is 9.27. The van der Waals surface area contributed by atoms with Crippen molar-refractivity contribution in [3.63, 3.8) is 0 Å². The molecule has 0 spiro atoms. The van der Waals surface area contributed by atoms with Crippen molar-refractivity contribution in [1.29, 1.82) is 0 Å². The maximum atomic E-state index is 12.9. The van der Waals surface area contributed by atoms with Crippen LogP contribution in [0.25, 0.3) is 22.3 Å². The summed E-state index contributed by atoms with van der Waals surface area (Å²) in [6.07, 6.45) is -23.7. The van der Waals surface area contributed by atoms with Crippen LogP contribution in [0.2, 0.25) is 0 Å². The van der Waals surface area contributed by atoms with Crippen molar-refractivity contribution in [2.75, 3.05) is 6.61 Å². The molecule has 0 bridgehead atoms. The molecule has 1 aromatic heterocycles. The minimum absolute atomic E-state index is 0.0518. The van der Waals surface area contributed by atoms with Crippen molar-refractivity contribution in [2.45, 2.75) is 106 Å². The van der Waals surface area contributed by atoms with Gasteiger partial charge in [0, 0.05) is 23.8 Å². The second-order valence-corrected chi connectivity index (χ2v) is 12.9. The van der Waals surface area contributed by atoms with E-state index in [4.69, 9.17) is 32.8 Å². The SMILES string of the molecule is CC1OC(OCC2OC(Oc3cc(O)c4c(=O)cc(-c5ccc(O)c(O)c5)oc4c3)C(O)C(O)C2OC2OC(C)C(O)C(O)C2O)C(O)C(O)C1O. The van der Waals surface area contributed by atoms with Crippen LogP contribution >= 0.6 is 0 Å². The number of aliphatic hydroxyl groups excluding tert-OH is 8. The molecule has 11 N–H and O–H groups in total. The van der Waals surface area contributed by atoms with E-state index in [0.29, 0.717) is 0 Å². The van der Waals surface area contributed by atoms with Gasteiger partial charge in [-0.2, -0.15) is 0 Å². The van der Waals surface area contributed by atoms with E-state index in [0.717, 1.165) is 18.2 Å². The molecule has 2 aromatic carbocycles. The Morgan fingerprint density at radius 3 is 1.90 bits per heavy atom. The van der Waals surface area contributed by atoms with Crippen molar-refractivity contribution < 1.29 is 89.0 Å². The monoisotopic (exact) mass is 740 g/mol. The molecule has 19 heteroatoms. The lowest BCUT2D eigenvalue weighted by atomic mass is 9.97. The molecular formula is C33H40O19. The number of ether oxygens (including phenoxy) is 6. The number of phenols is 3. The highest BCUT2D eigenvalue weighted by Crippen LogP contribution is 2.36. The van der Waals surface area contributed by atoms with Gasteiger partial charge in [-0.15, -0.1) is 0 Å². The van der Waals surface area contributed by atoms with Crippen molar-refractivity contribution in [3.8, 4) is 34.3 Å². The Bertz CT molecular complexity index is 1780. The summed E-state index contributed by atoms with van der Waals surface area (Å²) >= 11 is 0. The summed E-state index contributed by atoms with van der Waals surface area (Å²) in [4.78, 5) is 12.9. The van der Waals surface area contributed by atoms with Gasteiger partial charge < -0.3 is 89.0 Å². The van der Waals surface area contributed by atoms with Crippen LogP contribution in [0.1, 0.15) is 13.8 Å². The second-order valence-electron chi connectivity index (χ2n) is 12.9. The molecule has 286 valence electrons. The lowest BCUT2D eigenvalue weighted by Gasteiger charge is -2.46. The quantitative estimate of drug-likeness (QED) is 0.106. The number of aliphatic hydroxyl groups is 8. The van der Waals surface area contributed by atoms with Gasteiger partial charge in [-0.3, -0.25) is 4.79 Å². The Labute approximate surface area is 293 Å². The molecule has 52 heavy (non-hydrogen) atoms. The molecule has 0 amide bonds. The maximum Gasteiger partial charge on any atom is 0.229 e. The van der Waals surface area contributed by atoms with E-state index in [1.807, 2.05) is 0 Å². The lowest BCUT2D eigenvalue weighted by molar-refractivity contribution is -0.357. The highest BCUT2D eigenvalue weighted by Gasteiger charge is 2.52. The number of rotatable bonds is 8. The van der Waals surface area contributed by atoms with Gasteiger partial charge >= 0.3 is 0 Å². The summed E-state index contributed by atoms with van der Waals surface area (Å²) in [6, 6.07) is 6.95. The van der Waals surface area contributed by atoms with E-state index >= 15 is 0 Å². The maximum absolute atomic E-state index is 12.9. The Morgan fingerprint density at radius 2 is 1.25 bits per heavy atom. The largest absolute Gasteiger partial charge is 0.507 e. The summed E-state index contributed by atoms with van der Waals surface area (Å²) in [5.41, 5.74) is -0.670. The topological polar surface area (TPSA) is 308 Å². The summed E-state index contributed by atoms with van der Waals surface area (Å²) in [5, 5.41) is 114. The van der Waals surface area contributed by atoms with Gasteiger partial charge in [-0.05, 0) is 32.0 Å². The standard InChI is InChI=1S/C33H40O19/c1-10-22(38)24(40)27(43)31(47-10)46-9-20-30(52-32-28(44)25(41)23(39)11(2)48-32)26(42)29(45)33(51-20)49-13-6-16(36)21-17(37)8-18(50-19(21)7-13)12-3-4-14(34)15(35)5-12/h3-8,10-11,20,22-36,38-45H,9H2,1-2H3. The Morgan fingerprint density at radius 1 is 0.635 bits per heavy atom. The first-order valence-corrected chi connectivity index (χ1v) is 16.2. The van der Waals surface area contributed by atoms with Gasteiger partial charge in [0.2, 0.25) is 6.29 Å². The molecule has 3 aliphatic rings. The smallest absolute Gasteiger partial charge is 0.229 e. The fourth-order valence-corrected chi connectivity index (χ4v) is 6.19. The summed E-state index contributed by atoms with van der Waals surface area (Å²) in [7, 11) is 0. The Kier molecular flexibility index (Phi) is 11.0.